The molecule has 0 heterocycles. The molecular weight excluding hydrogens is 334 g/mol. The summed E-state index contributed by atoms with van der Waals surface area (Å²) in [4.78, 5) is 46.7. The molecule has 0 saturated carbocycles. The van der Waals surface area contributed by atoms with Crippen LogP contribution >= 0.6 is 11.8 Å². The number of ketones is 1. The van der Waals surface area contributed by atoms with Crippen molar-refractivity contribution in [2.75, 3.05) is 5.75 Å². The van der Waals surface area contributed by atoms with E-state index in [9.17, 15) is 24.3 Å². The lowest BCUT2D eigenvalue weighted by molar-refractivity contribution is -0.142. The van der Waals surface area contributed by atoms with Gasteiger partial charge in [0.25, 0.3) is 0 Å². The topological polar surface area (TPSA) is 121 Å². The molecule has 0 spiro atoms. The molecule has 0 saturated heterocycles. The van der Waals surface area contributed by atoms with Gasteiger partial charge in [-0.15, -0.1) is 11.8 Å². The summed E-state index contributed by atoms with van der Waals surface area (Å²) in [5.41, 5.74) is -0.685. The molecule has 3 atom stereocenters. The van der Waals surface area contributed by atoms with Crippen LogP contribution in [0, 0.1) is 0 Å². The molecule has 0 fully saturated rings. The van der Waals surface area contributed by atoms with Crippen LogP contribution in [0.2, 0.25) is 0 Å². The van der Waals surface area contributed by atoms with Gasteiger partial charge in [0.1, 0.15) is 11.5 Å². The van der Waals surface area contributed by atoms with Gasteiger partial charge in [0.2, 0.25) is 5.91 Å². The van der Waals surface area contributed by atoms with E-state index in [1.54, 1.807) is 24.3 Å². The third kappa shape index (κ3) is 3.01. The van der Waals surface area contributed by atoms with Gasteiger partial charge < -0.3 is 15.5 Å². The fraction of sp³-hybridized carbons (Fsp3) is 0.375. The zero-order valence-corrected chi connectivity index (χ0v) is 13.9. The van der Waals surface area contributed by atoms with Gasteiger partial charge >= 0.3 is 11.9 Å². The zero-order chi connectivity index (χ0) is 18.1. The number of nitrogens with one attached hydrogen (secondary N) is 1. The first-order valence-electron chi connectivity index (χ1n) is 7.18. The molecule has 128 valence electrons. The van der Waals surface area contributed by atoms with Crippen LogP contribution in [0.3, 0.4) is 0 Å². The number of hydrogen-bond acceptors (Lipinski definition) is 5. The van der Waals surface area contributed by atoms with Crippen molar-refractivity contribution in [2.45, 2.75) is 30.6 Å². The van der Waals surface area contributed by atoms with Crippen LogP contribution in [0.15, 0.2) is 24.3 Å². The molecule has 3 N–H and O–H groups in total. The van der Waals surface area contributed by atoms with Gasteiger partial charge in [0.05, 0.1) is 5.25 Å². The minimum Gasteiger partial charge on any atom is -0.481 e. The van der Waals surface area contributed by atoms with Crippen LogP contribution in [0.25, 0.3) is 0 Å². The van der Waals surface area contributed by atoms with Crippen LogP contribution in [-0.4, -0.2) is 50.9 Å². The summed E-state index contributed by atoms with van der Waals surface area (Å²) in [7, 11) is 0. The third-order valence-corrected chi connectivity index (χ3v) is 5.61. The smallest absolute Gasteiger partial charge is 0.327 e. The highest BCUT2D eigenvalue weighted by molar-refractivity contribution is 8.00. The number of carboxylic acid groups (broad SMARTS) is 2. The number of carbonyl (C=O) groups is 4. The second-order valence-electron chi connectivity index (χ2n) is 5.72. The van der Waals surface area contributed by atoms with Crippen molar-refractivity contribution >= 4 is 35.4 Å². The average molecular weight is 351 g/mol. The predicted octanol–water partition coefficient (Wildman–Crippen LogP) is 0.916. The molecule has 0 radical (unpaired) electrons. The van der Waals surface area contributed by atoms with Crippen molar-refractivity contribution in [1.82, 2.24) is 5.32 Å². The maximum atomic E-state index is 12.6. The Labute approximate surface area is 142 Å². The Balaban J connectivity index is 2.29. The first kappa shape index (κ1) is 18.0. The number of thioether (sulfide) groups is 1. The summed E-state index contributed by atoms with van der Waals surface area (Å²) >= 11 is 0.936. The lowest BCUT2D eigenvalue weighted by Crippen LogP contribution is -2.45. The number of amides is 1. The van der Waals surface area contributed by atoms with E-state index in [4.69, 9.17) is 5.11 Å². The van der Waals surface area contributed by atoms with Crippen molar-refractivity contribution in [1.29, 1.82) is 0 Å². The highest BCUT2D eigenvalue weighted by Crippen LogP contribution is 2.45. The van der Waals surface area contributed by atoms with Gasteiger partial charge in [0, 0.05) is 18.2 Å². The van der Waals surface area contributed by atoms with Crippen molar-refractivity contribution in [3.63, 3.8) is 0 Å². The second-order valence-corrected chi connectivity index (χ2v) is 6.86. The number of Topliss-reactive ketones (excluding diaryl/α,β-unsaturated/α-hetero) is 1. The first-order valence-corrected chi connectivity index (χ1v) is 8.23. The highest BCUT2D eigenvalue weighted by Gasteiger charge is 2.54. The quantitative estimate of drug-likeness (QED) is 0.697. The SMILES string of the molecule is CC(=O)N[C@@H](CSC1C(=O)c2ccccc2C1(C)C(=O)O)C(=O)O. The minimum absolute atomic E-state index is 0.109. The molecule has 1 aromatic carbocycles. The standard InChI is InChI=1S/C16H17NO6S/c1-8(18)17-11(14(20)21)7-24-13-12(19)9-5-3-4-6-10(9)16(13,2)15(22)23/h3-6,11,13H,7H2,1-2H3,(H,17,18)(H,20,21)(H,22,23)/t11-,13?,16?/m0/s1. The highest BCUT2D eigenvalue weighted by atomic mass is 32.2. The molecule has 1 aliphatic carbocycles. The molecule has 0 aliphatic heterocycles. The number of carbonyl (C=O) groups excluding carboxylic acids is 2. The summed E-state index contributed by atoms with van der Waals surface area (Å²) in [6.07, 6.45) is 0. The van der Waals surface area contributed by atoms with E-state index in [2.05, 4.69) is 5.32 Å². The minimum atomic E-state index is -1.45. The van der Waals surface area contributed by atoms with Crippen molar-refractivity contribution in [2.24, 2.45) is 0 Å². The summed E-state index contributed by atoms with van der Waals surface area (Å²) in [5, 5.41) is 20.1. The maximum absolute atomic E-state index is 12.6. The van der Waals surface area contributed by atoms with Crippen LogP contribution < -0.4 is 5.32 Å². The third-order valence-electron chi connectivity index (χ3n) is 4.06. The van der Waals surface area contributed by atoms with E-state index < -0.39 is 34.6 Å². The Kier molecular flexibility index (Phi) is 4.98. The van der Waals surface area contributed by atoms with E-state index in [-0.39, 0.29) is 11.5 Å². The number of hydrogen-bond donors (Lipinski definition) is 3. The van der Waals surface area contributed by atoms with E-state index >= 15 is 0 Å². The zero-order valence-electron chi connectivity index (χ0n) is 13.1. The molecule has 7 nitrogen and oxygen atoms in total. The Bertz CT molecular complexity index is 718. The molecule has 0 bridgehead atoms. The number of aliphatic carboxylic acids is 2. The summed E-state index contributed by atoms with van der Waals surface area (Å²) < 4.78 is 0. The number of carboxylic acids is 2. The molecule has 1 aromatic rings. The fourth-order valence-electron chi connectivity index (χ4n) is 2.78. The monoisotopic (exact) mass is 351 g/mol. The van der Waals surface area contributed by atoms with Crippen LogP contribution in [0.1, 0.15) is 29.8 Å². The van der Waals surface area contributed by atoms with Gasteiger partial charge in [-0.2, -0.15) is 0 Å². The Morgan fingerprint density at radius 3 is 2.46 bits per heavy atom. The molecule has 0 aromatic heterocycles. The molecule has 2 unspecified atom stereocenters. The molecule has 8 heteroatoms. The Morgan fingerprint density at radius 1 is 1.29 bits per heavy atom. The van der Waals surface area contributed by atoms with E-state index in [1.807, 2.05) is 0 Å². The summed E-state index contributed by atoms with van der Waals surface area (Å²) in [6.45, 7) is 2.66. The Hall–Kier alpha value is -2.35. The van der Waals surface area contributed by atoms with Gasteiger partial charge in [-0.1, -0.05) is 24.3 Å². The number of rotatable bonds is 6. The lowest BCUT2D eigenvalue weighted by Gasteiger charge is -2.27. The summed E-state index contributed by atoms with van der Waals surface area (Å²) in [5.74, 6) is -3.35. The fourth-order valence-corrected chi connectivity index (χ4v) is 4.23. The van der Waals surface area contributed by atoms with Gasteiger partial charge in [-0.05, 0) is 12.5 Å². The first-order chi connectivity index (χ1) is 11.2. The van der Waals surface area contributed by atoms with E-state index in [0.717, 1.165) is 11.8 Å². The average Bonchev–Trinajstić information content (AvgIpc) is 2.73. The van der Waals surface area contributed by atoms with E-state index in [1.165, 1.54) is 13.8 Å². The number of benzene rings is 1. The normalized spacial score (nSPS) is 23.4. The Morgan fingerprint density at radius 2 is 1.92 bits per heavy atom. The number of fused-ring (bicyclic) bond motifs is 1. The predicted molar refractivity (Wildman–Crippen MR) is 87.2 cm³/mol. The summed E-state index contributed by atoms with van der Waals surface area (Å²) in [6, 6.07) is 5.30. The van der Waals surface area contributed by atoms with Crippen LogP contribution in [0.5, 0.6) is 0 Å². The second kappa shape index (κ2) is 6.64. The molecular formula is C16H17NO6S. The largest absolute Gasteiger partial charge is 0.481 e. The van der Waals surface area contributed by atoms with Gasteiger partial charge in [-0.25, -0.2) is 4.79 Å². The lowest BCUT2D eigenvalue weighted by atomic mass is 9.84. The molecule has 2 rings (SSSR count). The molecule has 1 aliphatic rings. The van der Waals surface area contributed by atoms with Crippen molar-refractivity contribution in [3.05, 3.63) is 35.4 Å². The van der Waals surface area contributed by atoms with Crippen LogP contribution in [-0.2, 0) is 19.8 Å². The maximum Gasteiger partial charge on any atom is 0.327 e. The van der Waals surface area contributed by atoms with Gasteiger partial charge in [-0.3, -0.25) is 14.4 Å². The molecule has 24 heavy (non-hydrogen) atoms. The van der Waals surface area contributed by atoms with Crippen LogP contribution in [0.4, 0.5) is 0 Å². The van der Waals surface area contributed by atoms with Gasteiger partial charge in [0.15, 0.2) is 5.78 Å². The van der Waals surface area contributed by atoms with Crippen molar-refractivity contribution in [3.8, 4) is 0 Å². The van der Waals surface area contributed by atoms with E-state index in [0.29, 0.717) is 11.1 Å². The molecule has 1 amide bonds. The van der Waals surface area contributed by atoms with Crippen molar-refractivity contribution < 1.29 is 29.4 Å².